The minimum Gasteiger partial charge on any atom is -0.351 e. The summed E-state index contributed by atoms with van der Waals surface area (Å²) in [5.41, 5.74) is 0.719. The highest BCUT2D eigenvalue weighted by Crippen LogP contribution is 2.21. The summed E-state index contributed by atoms with van der Waals surface area (Å²) in [5.74, 6) is -0.280. The molecule has 0 radical (unpaired) electrons. The smallest absolute Gasteiger partial charge is 0.253 e. The molecule has 0 fully saturated rings. The van der Waals surface area contributed by atoms with Gasteiger partial charge in [0.25, 0.3) is 5.91 Å². The van der Waals surface area contributed by atoms with E-state index in [2.05, 4.69) is 5.32 Å². The van der Waals surface area contributed by atoms with Gasteiger partial charge in [0.05, 0.1) is 17.5 Å². The minimum atomic E-state index is -3.40. The van der Waals surface area contributed by atoms with E-state index in [-0.39, 0.29) is 5.91 Å². The quantitative estimate of drug-likeness (QED) is 0.824. The number of benzene rings is 1. The van der Waals surface area contributed by atoms with Gasteiger partial charge >= 0.3 is 0 Å². The maximum Gasteiger partial charge on any atom is 0.253 e. The molecule has 7 heteroatoms. The molecule has 0 saturated heterocycles. The maximum atomic E-state index is 12.1. The molecule has 0 atom stereocenters. The summed E-state index contributed by atoms with van der Waals surface area (Å²) >= 11 is 0. The molecule has 112 valence electrons. The van der Waals surface area contributed by atoms with Crippen molar-refractivity contribution in [2.24, 2.45) is 0 Å². The summed E-state index contributed by atoms with van der Waals surface area (Å²) in [4.78, 5) is 14.1. The van der Waals surface area contributed by atoms with Gasteiger partial charge in [-0.25, -0.2) is 8.42 Å². The second-order valence-corrected chi connectivity index (χ2v) is 6.82. The zero-order chi connectivity index (χ0) is 15.3. The van der Waals surface area contributed by atoms with Crippen molar-refractivity contribution in [1.82, 2.24) is 10.2 Å². The first-order valence-electron chi connectivity index (χ1n) is 6.19. The normalized spacial score (nSPS) is 11.4. The van der Waals surface area contributed by atoms with Crippen LogP contribution < -0.4 is 9.62 Å². The Morgan fingerprint density at radius 3 is 2.35 bits per heavy atom. The van der Waals surface area contributed by atoms with Crippen molar-refractivity contribution in [3.8, 4) is 0 Å². The largest absolute Gasteiger partial charge is 0.351 e. The second-order valence-electron chi connectivity index (χ2n) is 4.81. The fourth-order valence-electron chi connectivity index (χ4n) is 1.61. The van der Waals surface area contributed by atoms with Crippen molar-refractivity contribution >= 4 is 21.6 Å². The van der Waals surface area contributed by atoms with Crippen LogP contribution in [0.25, 0.3) is 0 Å². The summed E-state index contributed by atoms with van der Waals surface area (Å²) in [6, 6.07) is 6.64. The van der Waals surface area contributed by atoms with Crippen molar-refractivity contribution in [3.63, 3.8) is 0 Å². The Morgan fingerprint density at radius 2 is 1.80 bits per heavy atom. The average molecular weight is 299 g/mol. The maximum absolute atomic E-state index is 12.1. The van der Waals surface area contributed by atoms with Crippen molar-refractivity contribution in [2.75, 3.05) is 44.8 Å². The molecule has 0 aliphatic carbocycles. The van der Waals surface area contributed by atoms with Crippen LogP contribution in [0.15, 0.2) is 24.3 Å². The van der Waals surface area contributed by atoms with Crippen LogP contribution in [0.4, 0.5) is 5.69 Å². The number of sulfonamides is 1. The molecule has 1 aromatic rings. The summed E-state index contributed by atoms with van der Waals surface area (Å²) in [7, 11) is 1.86. The molecule has 1 N–H and O–H groups in total. The molecule has 1 amide bonds. The van der Waals surface area contributed by atoms with E-state index in [1.165, 1.54) is 7.05 Å². The number of carbonyl (C=O) groups is 1. The molecule has 1 aromatic carbocycles. The van der Waals surface area contributed by atoms with Gasteiger partial charge in [-0.1, -0.05) is 12.1 Å². The molecule has 0 bridgehead atoms. The number of hydrogen-bond acceptors (Lipinski definition) is 4. The van der Waals surface area contributed by atoms with Crippen LogP contribution in [0, 0.1) is 0 Å². The van der Waals surface area contributed by atoms with E-state index < -0.39 is 10.0 Å². The number of hydrogen-bond donors (Lipinski definition) is 1. The number of likely N-dealkylation sites (N-methyl/N-ethyl adjacent to an activating group) is 1. The summed E-state index contributed by atoms with van der Waals surface area (Å²) in [6.07, 6.45) is 1.10. The van der Waals surface area contributed by atoms with Gasteiger partial charge in [-0.2, -0.15) is 0 Å². The van der Waals surface area contributed by atoms with Gasteiger partial charge in [-0.3, -0.25) is 9.10 Å². The van der Waals surface area contributed by atoms with Gasteiger partial charge in [0.1, 0.15) is 0 Å². The summed E-state index contributed by atoms with van der Waals surface area (Å²) < 4.78 is 24.3. The third-order valence-corrected chi connectivity index (χ3v) is 4.02. The lowest BCUT2D eigenvalue weighted by molar-refractivity contribution is 0.0951. The first-order valence-corrected chi connectivity index (χ1v) is 8.04. The molecule has 0 aliphatic heterocycles. The van der Waals surface area contributed by atoms with E-state index in [0.29, 0.717) is 17.8 Å². The fourth-order valence-corrected chi connectivity index (χ4v) is 2.12. The molecule has 0 saturated carbocycles. The van der Waals surface area contributed by atoms with E-state index in [1.54, 1.807) is 24.3 Å². The van der Waals surface area contributed by atoms with Crippen molar-refractivity contribution in [1.29, 1.82) is 0 Å². The Labute approximate surface area is 120 Å². The van der Waals surface area contributed by atoms with Crippen molar-refractivity contribution in [2.45, 2.75) is 0 Å². The van der Waals surface area contributed by atoms with Crippen LogP contribution in [0.1, 0.15) is 10.4 Å². The molecule has 0 aromatic heterocycles. The summed E-state index contributed by atoms with van der Waals surface area (Å²) in [5, 5.41) is 2.77. The van der Waals surface area contributed by atoms with Crippen LogP contribution in [0.3, 0.4) is 0 Å². The number of amides is 1. The third-order valence-electron chi connectivity index (χ3n) is 2.83. The third kappa shape index (κ3) is 4.50. The monoisotopic (exact) mass is 299 g/mol. The summed E-state index contributed by atoms with van der Waals surface area (Å²) in [6.45, 7) is 1.22. The topological polar surface area (TPSA) is 69.7 Å². The number of rotatable bonds is 6. The van der Waals surface area contributed by atoms with Crippen molar-refractivity contribution < 1.29 is 13.2 Å². The van der Waals surface area contributed by atoms with Crippen LogP contribution >= 0.6 is 0 Å². The SMILES string of the molecule is CN(C)CCNC(=O)c1ccccc1N(C)S(C)(=O)=O. The van der Waals surface area contributed by atoms with Gasteiger partial charge in [0, 0.05) is 20.1 Å². The predicted molar refractivity (Wildman–Crippen MR) is 80.6 cm³/mol. The Hall–Kier alpha value is -1.60. The Kier molecular flexibility index (Phi) is 5.52. The van der Waals surface area contributed by atoms with Crippen LogP contribution in [0.5, 0.6) is 0 Å². The fraction of sp³-hybridized carbons (Fsp3) is 0.462. The first-order chi connectivity index (χ1) is 9.23. The zero-order valence-corrected chi connectivity index (χ0v) is 13.1. The lowest BCUT2D eigenvalue weighted by Gasteiger charge is -2.20. The second kappa shape index (κ2) is 6.71. The number of para-hydroxylation sites is 1. The highest BCUT2D eigenvalue weighted by Gasteiger charge is 2.18. The molecule has 1 rings (SSSR count). The number of nitrogens with one attached hydrogen (secondary N) is 1. The molecular formula is C13H21N3O3S. The molecule has 0 spiro atoms. The van der Waals surface area contributed by atoms with Crippen LogP contribution in [-0.2, 0) is 10.0 Å². The lowest BCUT2D eigenvalue weighted by atomic mass is 10.1. The van der Waals surface area contributed by atoms with Crippen LogP contribution in [0.2, 0.25) is 0 Å². The van der Waals surface area contributed by atoms with Gasteiger partial charge in [0.2, 0.25) is 10.0 Å². The van der Waals surface area contributed by atoms with E-state index in [9.17, 15) is 13.2 Å². The first kappa shape index (κ1) is 16.5. The van der Waals surface area contributed by atoms with E-state index in [4.69, 9.17) is 0 Å². The van der Waals surface area contributed by atoms with E-state index in [0.717, 1.165) is 17.1 Å². The standard InChI is InChI=1S/C13H21N3O3S/c1-15(2)10-9-14-13(17)11-7-5-6-8-12(11)16(3)20(4,18)19/h5-8H,9-10H2,1-4H3,(H,14,17). The van der Waals surface area contributed by atoms with Gasteiger partial charge in [0.15, 0.2) is 0 Å². The molecule has 0 heterocycles. The highest BCUT2D eigenvalue weighted by atomic mass is 32.2. The predicted octanol–water partition coefficient (Wildman–Crippen LogP) is 0.374. The molecule has 0 unspecified atom stereocenters. The molecule has 0 aliphatic rings. The minimum absolute atomic E-state index is 0.280. The molecule has 20 heavy (non-hydrogen) atoms. The Bertz CT molecular complexity index is 570. The van der Waals surface area contributed by atoms with Gasteiger partial charge in [-0.15, -0.1) is 0 Å². The number of carbonyl (C=O) groups excluding carboxylic acids is 1. The number of anilines is 1. The van der Waals surface area contributed by atoms with Gasteiger partial charge < -0.3 is 10.2 Å². The Morgan fingerprint density at radius 1 is 1.20 bits per heavy atom. The van der Waals surface area contributed by atoms with Crippen LogP contribution in [-0.4, -0.2) is 59.7 Å². The highest BCUT2D eigenvalue weighted by molar-refractivity contribution is 7.92. The van der Waals surface area contributed by atoms with E-state index in [1.807, 2.05) is 19.0 Å². The molecular weight excluding hydrogens is 278 g/mol. The Balaban J connectivity index is 2.93. The van der Waals surface area contributed by atoms with E-state index >= 15 is 0 Å². The average Bonchev–Trinajstić information content (AvgIpc) is 2.36. The number of nitrogens with zero attached hydrogens (tertiary/aromatic N) is 2. The lowest BCUT2D eigenvalue weighted by Crippen LogP contribution is -2.33. The van der Waals surface area contributed by atoms with Gasteiger partial charge in [-0.05, 0) is 26.2 Å². The van der Waals surface area contributed by atoms with Crippen molar-refractivity contribution in [3.05, 3.63) is 29.8 Å². The zero-order valence-electron chi connectivity index (χ0n) is 12.3. The molecule has 6 nitrogen and oxygen atoms in total.